The normalized spacial score (nSPS) is 15.6. The second kappa shape index (κ2) is 11.0. The highest BCUT2D eigenvalue weighted by Gasteiger charge is 2.20. The first-order chi connectivity index (χ1) is 15.7. The van der Waals surface area contributed by atoms with Crippen molar-refractivity contribution in [1.29, 1.82) is 0 Å². The molecule has 3 aromatic rings. The Morgan fingerprint density at radius 1 is 1.03 bits per heavy atom. The number of nitrogens with zero attached hydrogens (tertiary/aromatic N) is 4. The van der Waals surface area contributed by atoms with Crippen LogP contribution in [0.3, 0.4) is 0 Å². The molecule has 168 valence electrons. The van der Waals surface area contributed by atoms with Crippen molar-refractivity contribution in [2.45, 2.75) is 45.4 Å². The summed E-state index contributed by atoms with van der Waals surface area (Å²) < 4.78 is 2.18. The summed E-state index contributed by atoms with van der Waals surface area (Å²) >= 11 is 0. The van der Waals surface area contributed by atoms with Gasteiger partial charge < -0.3 is 15.2 Å². The molecule has 0 aliphatic carbocycles. The van der Waals surface area contributed by atoms with E-state index < -0.39 is 0 Å². The van der Waals surface area contributed by atoms with Gasteiger partial charge in [-0.05, 0) is 36.5 Å². The van der Waals surface area contributed by atoms with Crippen LogP contribution >= 0.6 is 0 Å². The summed E-state index contributed by atoms with van der Waals surface area (Å²) in [5, 5.41) is 7.05. The number of piperidine rings is 1. The van der Waals surface area contributed by atoms with Crippen LogP contribution < -0.4 is 10.6 Å². The molecule has 1 fully saturated rings. The molecule has 0 saturated carbocycles. The van der Waals surface area contributed by atoms with Crippen molar-refractivity contribution < 1.29 is 0 Å². The molecule has 0 spiro atoms. The molecular formula is C26H34N6. The number of guanidine groups is 1. The lowest BCUT2D eigenvalue weighted by molar-refractivity contribution is 0.198. The predicted octanol–water partition coefficient (Wildman–Crippen LogP) is 3.57. The summed E-state index contributed by atoms with van der Waals surface area (Å²) in [6.07, 6.45) is 6.13. The number of nitrogens with one attached hydrogen (secondary N) is 2. The molecule has 1 aromatic heterocycles. The Labute approximate surface area is 191 Å². The van der Waals surface area contributed by atoms with Crippen LogP contribution in [0.15, 0.2) is 72.0 Å². The maximum Gasteiger partial charge on any atom is 0.191 e. The Morgan fingerprint density at radius 2 is 1.78 bits per heavy atom. The van der Waals surface area contributed by atoms with Crippen molar-refractivity contribution in [3.63, 3.8) is 0 Å². The van der Waals surface area contributed by atoms with Gasteiger partial charge in [-0.1, -0.05) is 54.6 Å². The van der Waals surface area contributed by atoms with Crippen molar-refractivity contribution in [2.24, 2.45) is 4.99 Å². The Bertz CT molecular complexity index is 1000. The molecule has 0 radical (unpaired) electrons. The predicted molar refractivity (Wildman–Crippen MR) is 131 cm³/mol. The van der Waals surface area contributed by atoms with Crippen LogP contribution in [-0.2, 0) is 19.6 Å². The molecule has 0 bridgehead atoms. The number of aryl methyl sites for hydroxylation is 1. The number of aromatic nitrogens is 2. The zero-order valence-electron chi connectivity index (χ0n) is 19.2. The minimum absolute atomic E-state index is 0.443. The lowest BCUT2D eigenvalue weighted by atomic mass is 10.0. The molecule has 0 unspecified atom stereocenters. The molecule has 0 atom stereocenters. The van der Waals surface area contributed by atoms with Gasteiger partial charge in [-0.3, -0.25) is 9.89 Å². The van der Waals surface area contributed by atoms with Gasteiger partial charge in [-0.2, -0.15) is 0 Å². The number of likely N-dealkylation sites (tertiary alicyclic amines) is 1. The molecule has 2 aromatic carbocycles. The van der Waals surface area contributed by atoms with E-state index in [1.807, 2.05) is 25.5 Å². The molecule has 1 aliphatic heterocycles. The molecule has 6 nitrogen and oxygen atoms in total. The minimum atomic E-state index is 0.443. The zero-order valence-corrected chi connectivity index (χ0v) is 19.2. The molecule has 0 amide bonds. The van der Waals surface area contributed by atoms with E-state index in [1.165, 1.54) is 16.7 Å². The Kier molecular flexibility index (Phi) is 7.56. The van der Waals surface area contributed by atoms with Crippen LogP contribution in [-0.4, -0.2) is 46.6 Å². The van der Waals surface area contributed by atoms with E-state index >= 15 is 0 Å². The van der Waals surface area contributed by atoms with E-state index in [1.54, 1.807) is 0 Å². The quantitative estimate of drug-likeness (QED) is 0.444. The van der Waals surface area contributed by atoms with E-state index in [0.29, 0.717) is 12.6 Å². The molecule has 2 N–H and O–H groups in total. The van der Waals surface area contributed by atoms with Gasteiger partial charge in [-0.15, -0.1) is 0 Å². The topological polar surface area (TPSA) is 57.5 Å². The van der Waals surface area contributed by atoms with Crippen molar-refractivity contribution in [1.82, 2.24) is 25.1 Å². The number of rotatable bonds is 7. The third kappa shape index (κ3) is 5.98. The smallest absolute Gasteiger partial charge is 0.191 e. The van der Waals surface area contributed by atoms with Gasteiger partial charge in [0.15, 0.2) is 5.96 Å². The van der Waals surface area contributed by atoms with Gasteiger partial charge in [-0.25, -0.2) is 4.98 Å². The van der Waals surface area contributed by atoms with Crippen molar-refractivity contribution >= 4 is 5.96 Å². The molecule has 1 saturated heterocycles. The maximum absolute atomic E-state index is 4.53. The summed E-state index contributed by atoms with van der Waals surface area (Å²) in [7, 11) is 1.83. The third-order valence-corrected chi connectivity index (χ3v) is 6.22. The summed E-state index contributed by atoms with van der Waals surface area (Å²) in [6.45, 7) is 6.91. The van der Waals surface area contributed by atoms with Crippen LogP contribution in [0.25, 0.3) is 0 Å². The Morgan fingerprint density at radius 3 is 2.53 bits per heavy atom. The molecule has 1 aliphatic rings. The van der Waals surface area contributed by atoms with Crippen LogP contribution in [0, 0.1) is 6.92 Å². The van der Waals surface area contributed by atoms with Crippen LogP contribution in [0.2, 0.25) is 0 Å². The van der Waals surface area contributed by atoms with Crippen LogP contribution in [0.1, 0.15) is 35.4 Å². The van der Waals surface area contributed by atoms with Gasteiger partial charge in [0.05, 0.1) is 6.54 Å². The van der Waals surface area contributed by atoms with E-state index in [4.69, 9.17) is 0 Å². The highest BCUT2D eigenvalue weighted by Crippen LogP contribution is 2.16. The largest absolute Gasteiger partial charge is 0.354 e. The highest BCUT2D eigenvalue weighted by atomic mass is 15.2. The van der Waals surface area contributed by atoms with E-state index in [2.05, 4.69) is 85.5 Å². The van der Waals surface area contributed by atoms with Gasteiger partial charge >= 0.3 is 0 Å². The molecule has 6 heteroatoms. The van der Waals surface area contributed by atoms with Gasteiger partial charge in [0, 0.05) is 51.7 Å². The molecule has 4 rings (SSSR count). The summed E-state index contributed by atoms with van der Waals surface area (Å²) in [5.41, 5.74) is 4.08. The number of benzene rings is 2. The average Bonchev–Trinajstić information content (AvgIpc) is 3.26. The second-order valence-corrected chi connectivity index (χ2v) is 8.50. The van der Waals surface area contributed by atoms with E-state index in [9.17, 15) is 0 Å². The fraction of sp³-hybridized carbons (Fsp3) is 0.385. The minimum Gasteiger partial charge on any atom is -0.354 e. The highest BCUT2D eigenvalue weighted by molar-refractivity contribution is 5.79. The number of aliphatic imine (C=N–C) groups is 1. The Balaban J connectivity index is 1.24. The SMILES string of the molecule is CN=C(NCc1nccn1Cc1ccccc1)NC1CCN(Cc2ccccc2C)CC1. The monoisotopic (exact) mass is 430 g/mol. The first-order valence-corrected chi connectivity index (χ1v) is 11.5. The van der Waals surface area contributed by atoms with Gasteiger partial charge in [0.1, 0.15) is 5.82 Å². The molecule has 32 heavy (non-hydrogen) atoms. The lowest BCUT2D eigenvalue weighted by Crippen LogP contribution is -2.48. The number of hydrogen-bond donors (Lipinski definition) is 2. The average molecular weight is 431 g/mol. The van der Waals surface area contributed by atoms with E-state index in [0.717, 1.165) is 50.8 Å². The number of hydrogen-bond acceptors (Lipinski definition) is 3. The fourth-order valence-corrected chi connectivity index (χ4v) is 4.25. The fourth-order valence-electron chi connectivity index (χ4n) is 4.25. The van der Waals surface area contributed by atoms with Crippen molar-refractivity contribution in [2.75, 3.05) is 20.1 Å². The van der Waals surface area contributed by atoms with Crippen LogP contribution in [0.4, 0.5) is 0 Å². The summed E-state index contributed by atoms with van der Waals surface area (Å²) in [6, 6.07) is 19.6. The lowest BCUT2D eigenvalue weighted by Gasteiger charge is -2.33. The van der Waals surface area contributed by atoms with Gasteiger partial charge in [0.25, 0.3) is 0 Å². The first kappa shape index (κ1) is 22.1. The Hall–Kier alpha value is -3.12. The third-order valence-electron chi connectivity index (χ3n) is 6.22. The van der Waals surface area contributed by atoms with Crippen molar-refractivity contribution in [3.05, 3.63) is 89.5 Å². The summed E-state index contributed by atoms with van der Waals surface area (Å²) in [4.78, 5) is 11.5. The number of imidazole rings is 1. The van der Waals surface area contributed by atoms with Gasteiger partial charge in [0.2, 0.25) is 0 Å². The maximum atomic E-state index is 4.53. The molecular weight excluding hydrogens is 396 g/mol. The first-order valence-electron chi connectivity index (χ1n) is 11.5. The molecule has 2 heterocycles. The summed E-state index contributed by atoms with van der Waals surface area (Å²) in [5.74, 6) is 1.85. The van der Waals surface area contributed by atoms with Crippen molar-refractivity contribution in [3.8, 4) is 0 Å². The van der Waals surface area contributed by atoms with Crippen LogP contribution in [0.5, 0.6) is 0 Å². The van der Waals surface area contributed by atoms with E-state index in [-0.39, 0.29) is 0 Å². The second-order valence-electron chi connectivity index (χ2n) is 8.50. The standard InChI is InChI=1S/C26H34N6/c1-21-8-6-7-11-23(21)20-31-15-12-24(13-16-31)30-26(27-2)29-18-25-28-14-17-32(25)19-22-9-4-3-5-10-22/h3-11,14,17,24H,12-13,15-16,18-20H2,1-2H3,(H2,27,29,30). The zero-order chi connectivity index (χ0) is 22.2.